The molecule has 1 heterocycles. The maximum absolute atomic E-state index is 12.1. The fraction of sp³-hybridized carbons (Fsp3) is 0.389. The lowest BCUT2D eigenvalue weighted by Gasteiger charge is -2.06. The topological polar surface area (TPSA) is 72.2 Å². The van der Waals surface area contributed by atoms with Gasteiger partial charge in [-0.15, -0.1) is 0 Å². The number of nitrogens with zero attached hydrogens (tertiary/aromatic N) is 1. The van der Waals surface area contributed by atoms with E-state index in [-0.39, 0.29) is 24.5 Å². The summed E-state index contributed by atoms with van der Waals surface area (Å²) in [6, 6.07) is 7.47. The Bertz CT molecular complexity index is 704. The Morgan fingerprint density at radius 3 is 2.52 bits per heavy atom. The van der Waals surface area contributed by atoms with Gasteiger partial charge in [-0.3, -0.25) is 9.59 Å². The molecular formula is C18H22N2O3. The zero-order valence-corrected chi connectivity index (χ0v) is 13.8. The predicted molar refractivity (Wildman–Crippen MR) is 87.4 cm³/mol. The summed E-state index contributed by atoms with van der Waals surface area (Å²) in [7, 11) is 0. The molecule has 0 aliphatic rings. The van der Waals surface area contributed by atoms with Crippen LogP contribution in [0, 0.1) is 20.8 Å². The van der Waals surface area contributed by atoms with Crippen LogP contribution in [-0.4, -0.2) is 23.4 Å². The van der Waals surface area contributed by atoms with Crippen molar-refractivity contribution in [3.05, 3.63) is 52.4 Å². The van der Waals surface area contributed by atoms with E-state index in [1.807, 2.05) is 45.0 Å². The first-order valence-corrected chi connectivity index (χ1v) is 7.75. The summed E-state index contributed by atoms with van der Waals surface area (Å²) in [6.07, 6.45) is 1.04. The molecule has 0 saturated carbocycles. The minimum Gasteiger partial charge on any atom is -0.361 e. The smallest absolute Gasteiger partial charge is 0.220 e. The van der Waals surface area contributed by atoms with Crippen molar-refractivity contribution in [1.82, 2.24) is 10.5 Å². The number of nitrogens with one attached hydrogen (secondary N) is 1. The van der Waals surface area contributed by atoms with Crippen LogP contribution in [0.4, 0.5) is 0 Å². The molecule has 2 rings (SSSR count). The Hall–Kier alpha value is -2.43. The lowest BCUT2D eigenvalue weighted by molar-refractivity contribution is -0.121. The second-order valence-corrected chi connectivity index (χ2v) is 5.75. The standard InChI is InChI=1S/C18H22N2O3/c1-12-4-5-15(10-13(12)2)17(21)6-7-18(22)19-9-8-16-11-14(3)23-20-16/h4-5,10-11H,6-9H2,1-3H3,(H,19,22). The molecule has 122 valence electrons. The molecule has 0 radical (unpaired) electrons. The van der Waals surface area contributed by atoms with E-state index in [9.17, 15) is 9.59 Å². The maximum atomic E-state index is 12.1. The van der Waals surface area contributed by atoms with Crippen molar-refractivity contribution in [1.29, 1.82) is 0 Å². The van der Waals surface area contributed by atoms with Crippen LogP contribution in [0.2, 0.25) is 0 Å². The first-order valence-electron chi connectivity index (χ1n) is 7.75. The van der Waals surface area contributed by atoms with Crippen LogP contribution < -0.4 is 5.32 Å². The number of aromatic nitrogens is 1. The number of hydrogen-bond donors (Lipinski definition) is 1. The fourth-order valence-corrected chi connectivity index (χ4v) is 2.24. The van der Waals surface area contributed by atoms with E-state index >= 15 is 0 Å². The quantitative estimate of drug-likeness (QED) is 0.798. The summed E-state index contributed by atoms with van der Waals surface area (Å²) in [5.74, 6) is 0.628. The van der Waals surface area contributed by atoms with Crippen LogP contribution in [-0.2, 0) is 11.2 Å². The molecule has 0 spiro atoms. The van der Waals surface area contributed by atoms with Gasteiger partial charge in [0.1, 0.15) is 5.76 Å². The fourth-order valence-electron chi connectivity index (χ4n) is 2.24. The van der Waals surface area contributed by atoms with E-state index in [1.54, 1.807) is 0 Å². The van der Waals surface area contributed by atoms with Gasteiger partial charge < -0.3 is 9.84 Å². The third-order valence-corrected chi connectivity index (χ3v) is 3.79. The molecule has 5 heteroatoms. The largest absolute Gasteiger partial charge is 0.361 e. The van der Waals surface area contributed by atoms with Crippen molar-refractivity contribution in [2.75, 3.05) is 6.54 Å². The number of ketones is 1. The zero-order valence-electron chi connectivity index (χ0n) is 13.8. The summed E-state index contributed by atoms with van der Waals surface area (Å²) in [6.45, 7) is 6.30. The normalized spacial score (nSPS) is 10.6. The highest BCUT2D eigenvalue weighted by Gasteiger charge is 2.10. The third kappa shape index (κ3) is 5.06. The van der Waals surface area contributed by atoms with Crippen molar-refractivity contribution >= 4 is 11.7 Å². The summed E-state index contributed by atoms with van der Waals surface area (Å²) in [4.78, 5) is 23.9. The van der Waals surface area contributed by atoms with Crippen LogP contribution in [0.1, 0.15) is 45.8 Å². The number of benzene rings is 1. The van der Waals surface area contributed by atoms with Crippen LogP contribution in [0.3, 0.4) is 0 Å². The molecule has 0 unspecified atom stereocenters. The van der Waals surface area contributed by atoms with Gasteiger partial charge in [-0.2, -0.15) is 0 Å². The number of hydrogen-bond acceptors (Lipinski definition) is 4. The predicted octanol–water partition coefficient (Wildman–Crippen LogP) is 2.92. The van der Waals surface area contributed by atoms with Crippen molar-refractivity contribution in [2.24, 2.45) is 0 Å². The maximum Gasteiger partial charge on any atom is 0.220 e. The van der Waals surface area contributed by atoms with E-state index in [0.717, 1.165) is 22.6 Å². The van der Waals surface area contributed by atoms with Gasteiger partial charge in [0.2, 0.25) is 5.91 Å². The molecule has 5 nitrogen and oxygen atoms in total. The third-order valence-electron chi connectivity index (χ3n) is 3.79. The molecule has 23 heavy (non-hydrogen) atoms. The highest BCUT2D eigenvalue weighted by atomic mass is 16.5. The summed E-state index contributed by atoms with van der Waals surface area (Å²) in [5, 5.41) is 6.66. The number of Topliss-reactive ketones (excluding diaryl/α,β-unsaturated/α-hetero) is 1. The molecule has 1 N–H and O–H groups in total. The molecule has 2 aromatic rings. The van der Waals surface area contributed by atoms with Gasteiger partial charge >= 0.3 is 0 Å². The molecule has 0 aliphatic heterocycles. The molecular weight excluding hydrogens is 292 g/mol. The number of amides is 1. The van der Waals surface area contributed by atoms with Crippen molar-refractivity contribution in [3.63, 3.8) is 0 Å². The molecule has 0 bridgehead atoms. The van der Waals surface area contributed by atoms with Gasteiger partial charge in [0, 0.05) is 37.4 Å². The average molecular weight is 314 g/mol. The van der Waals surface area contributed by atoms with Gasteiger partial charge in [-0.1, -0.05) is 17.3 Å². The Kier molecular flexibility index (Phi) is 5.68. The molecule has 1 amide bonds. The molecule has 0 aliphatic carbocycles. The zero-order chi connectivity index (χ0) is 16.8. The lowest BCUT2D eigenvalue weighted by Crippen LogP contribution is -2.26. The minimum atomic E-state index is -0.123. The average Bonchev–Trinajstić information content (AvgIpc) is 2.93. The highest BCUT2D eigenvalue weighted by Crippen LogP contribution is 2.12. The minimum absolute atomic E-state index is 0.00428. The Balaban J connectivity index is 1.73. The first kappa shape index (κ1) is 16.9. The number of carbonyl (C=O) groups excluding carboxylic acids is 2. The van der Waals surface area contributed by atoms with E-state index in [4.69, 9.17) is 4.52 Å². The van der Waals surface area contributed by atoms with Crippen LogP contribution in [0.5, 0.6) is 0 Å². The van der Waals surface area contributed by atoms with Crippen molar-refractivity contribution in [2.45, 2.75) is 40.0 Å². The molecule has 1 aromatic carbocycles. The van der Waals surface area contributed by atoms with E-state index in [0.29, 0.717) is 18.5 Å². The van der Waals surface area contributed by atoms with Gasteiger partial charge in [-0.05, 0) is 38.0 Å². The Labute approximate surface area is 136 Å². The highest BCUT2D eigenvalue weighted by molar-refractivity contribution is 5.98. The molecule has 1 aromatic heterocycles. The van der Waals surface area contributed by atoms with Crippen LogP contribution in [0.25, 0.3) is 0 Å². The molecule has 0 saturated heterocycles. The van der Waals surface area contributed by atoms with Gasteiger partial charge in [-0.25, -0.2) is 0 Å². The SMILES string of the molecule is Cc1cc(CCNC(=O)CCC(=O)c2ccc(C)c(C)c2)no1. The monoisotopic (exact) mass is 314 g/mol. The van der Waals surface area contributed by atoms with Crippen molar-refractivity contribution in [3.8, 4) is 0 Å². The number of carbonyl (C=O) groups is 2. The number of rotatable bonds is 7. The van der Waals surface area contributed by atoms with Crippen molar-refractivity contribution < 1.29 is 14.1 Å². The van der Waals surface area contributed by atoms with E-state index < -0.39 is 0 Å². The Morgan fingerprint density at radius 2 is 1.87 bits per heavy atom. The summed E-state index contributed by atoms with van der Waals surface area (Å²) >= 11 is 0. The summed E-state index contributed by atoms with van der Waals surface area (Å²) < 4.78 is 4.96. The van der Waals surface area contributed by atoms with Gasteiger partial charge in [0.25, 0.3) is 0 Å². The summed E-state index contributed by atoms with van der Waals surface area (Å²) in [5.41, 5.74) is 3.72. The first-order chi connectivity index (χ1) is 11.0. The van der Waals surface area contributed by atoms with Crippen LogP contribution >= 0.6 is 0 Å². The second-order valence-electron chi connectivity index (χ2n) is 5.75. The number of aryl methyl sites for hydroxylation is 3. The van der Waals surface area contributed by atoms with E-state index in [1.165, 1.54) is 0 Å². The molecule has 0 atom stereocenters. The molecule has 0 fully saturated rings. The van der Waals surface area contributed by atoms with Gasteiger partial charge in [0.05, 0.1) is 5.69 Å². The van der Waals surface area contributed by atoms with Crippen LogP contribution in [0.15, 0.2) is 28.8 Å². The second kappa shape index (κ2) is 7.72. The lowest BCUT2D eigenvalue weighted by atomic mass is 10.0. The van der Waals surface area contributed by atoms with Gasteiger partial charge in [0.15, 0.2) is 5.78 Å². The van der Waals surface area contributed by atoms with E-state index in [2.05, 4.69) is 10.5 Å². The Morgan fingerprint density at radius 1 is 1.09 bits per heavy atom.